The zero-order chi connectivity index (χ0) is 29.7. The second-order valence-corrected chi connectivity index (χ2v) is 13.6. The maximum Gasteiger partial charge on any atom is 0.121 e. The third-order valence-electron chi connectivity index (χ3n) is 8.54. The van der Waals surface area contributed by atoms with Gasteiger partial charge in [0, 0.05) is 9.79 Å². The Bertz CT molecular complexity index is 890. The molecule has 0 aliphatic carbocycles. The molecule has 41 heavy (non-hydrogen) atoms. The second kappa shape index (κ2) is 22.0. The molecule has 0 saturated carbocycles. The average Bonchev–Trinajstić information content (AvgIpc) is 2.95. The highest BCUT2D eigenvalue weighted by Crippen LogP contribution is 2.37. The van der Waals surface area contributed by atoms with Crippen LogP contribution in [-0.2, 0) is 12.8 Å². The summed E-state index contributed by atoms with van der Waals surface area (Å²) in [7, 11) is 0. The van der Waals surface area contributed by atoms with Gasteiger partial charge in [-0.2, -0.15) is 0 Å². The first-order chi connectivity index (χ1) is 20.0. The van der Waals surface area contributed by atoms with E-state index >= 15 is 0 Å². The lowest BCUT2D eigenvalue weighted by Crippen LogP contribution is -1.93. The fraction of sp³-hybridized carbons (Fsp3) is 0.684. The van der Waals surface area contributed by atoms with Crippen molar-refractivity contribution in [3.63, 3.8) is 0 Å². The topological polar surface area (TPSA) is 40.5 Å². The van der Waals surface area contributed by atoms with E-state index < -0.39 is 0 Å². The normalized spacial score (nSPS) is 11.4. The molecule has 0 heterocycles. The quantitative estimate of drug-likeness (QED) is 0.121. The molecule has 0 amide bonds. The van der Waals surface area contributed by atoms with E-state index in [1.54, 1.807) is 11.8 Å². The molecule has 0 aromatic heterocycles. The average molecular weight is 583 g/mol. The van der Waals surface area contributed by atoms with E-state index in [1.807, 2.05) is 13.8 Å². The van der Waals surface area contributed by atoms with Gasteiger partial charge in [-0.3, -0.25) is 0 Å². The number of phenolic OH excluding ortho intramolecular Hbond substituents is 2. The summed E-state index contributed by atoms with van der Waals surface area (Å²) in [5, 5.41) is 21.5. The van der Waals surface area contributed by atoms with Crippen molar-refractivity contribution in [1.29, 1.82) is 0 Å². The van der Waals surface area contributed by atoms with Crippen molar-refractivity contribution in [1.82, 2.24) is 0 Å². The molecule has 0 saturated heterocycles. The molecular weight excluding hydrogens is 520 g/mol. The van der Waals surface area contributed by atoms with Gasteiger partial charge in [0.1, 0.15) is 11.5 Å². The van der Waals surface area contributed by atoms with Gasteiger partial charge in [-0.25, -0.2) is 0 Å². The van der Waals surface area contributed by atoms with Crippen LogP contribution in [0.4, 0.5) is 0 Å². The van der Waals surface area contributed by atoms with Gasteiger partial charge in [0.15, 0.2) is 0 Å². The first-order valence-corrected chi connectivity index (χ1v) is 18.1. The number of aromatic hydroxyl groups is 2. The summed E-state index contributed by atoms with van der Waals surface area (Å²) in [5.74, 6) is 0.933. The highest BCUT2D eigenvalue weighted by atomic mass is 32.2. The Morgan fingerprint density at radius 3 is 1.05 bits per heavy atom. The largest absolute Gasteiger partial charge is 0.507 e. The zero-order valence-electron chi connectivity index (χ0n) is 27.2. The predicted molar refractivity (Wildman–Crippen MR) is 181 cm³/mol. The summed E-state index contributed by atoms with van der Waals surface area (Å²) >= 11 is 1.76. The van der Waals surface area contributed by atoms with E-state index in [1.165, 1.54) is 125 Å². The Morgan fingerprint density at radius 2 is 0.732 bits per heavy atom. The van der Waals surface area contributed by atoms with Crippen LogP contribution in [0.25, 0.3) is 0 Å². The van der Waals surface area contributed by atoms with Crippen LogP contribution in [0.5, 0.6) is 11.5 Å². The number of hydrogen-bond donors (Lipinski definition) is 2. The monoisotopic (exact) mass is 582 g/mol. The molecule has 0 spiro atoms. The highest BCUT2D eigenvalue weighted by molar-refractivity contribution is 7.99. The Labute approximate surface area is 258 Å². The van der Waals surface area contributed by atoms with E-state index in [0.717, 1.165) is 47.9 Å². The van der Waals surface area contributed by atoms with E-state index in [2.05, 4.69) is 38.1 Å². The first kappa shape index (κ1) is 35.6. The fourth-order valence-corrected chi connectivity index (χ4v) is 7.02. The van der Waals surface area contributed by atoms with Crippen molar-refractivity contribution >= 4 is 11.8 Å². The molecule has 2 N–H and O–H groups in total. The lowest BCUT2D eigenvalue weighted by molar-refractivity contribution is 0.460. The molecule has 0 bridgehead atoms. The Hall–Kier alpha value is -1.61. The van der Waals surface area contributed by atoms with Crippen LogP contribution >= 0.6 is 11.8 Å². The van der Waals surface area contributed by atoms with E-state index in [9.17, 15) is 10.2 Å². The van der Waals surface area contributed by atoms with Crippen molar-refractivity contribution in [2.75, 3.05) is 0 Å². The third-order valence-corrected chi connectivity index (χ3v) is 9.48. The maximum absolute atomic E-state index is 10.7. The molecule has 0 aliphatic heterocycles. The van der Waals surface area contributed by atoms with Crippen LogP contribution in [0.15, 0.2) is 34.1 Å². The number of unbranched alkanes of at least 4 members (excludes halogenated alkanes) is 18. The van der Waals surface area contributed by atoms with Crippen LogP contribution in [0.1, 0.15) is 165 Å². The summed E-state index contributed by atoms with van der Waals surface area (Å²) in [4.78, 5) is 2.36. The molecular formula is C38H62O2S. The van der Waals surface area contributed by atoms with Crippen molar-refractivity contribution in [2.45, 2.75) is 179 Å². The molecule has 2 nitrogen and oxygen atoms in total. The lowest BCUT2D eigenvalue weighted by atomic mass is 10.0. The van der Waals surface area contributed by atoms with Crippen LogP contribution in [0.3, 0.4) is 0 Å². The van der Waals surface area contributed by atoms with Gasteiger partial charge in [0.25, 0.3) is 0 Å². The molecule has 0 fully saturated rings. The smallest absolute Gasteiger partial charge is 0.121 e. The highest BCUT2D eigenvalue weighted by Gasteiger charge is 2.12. The minimum atomic E-state index is 0.466. The summed E-state index contributed by atoms with van der Waals surface area (Å²) < 4.78 is 0. The summed E-state index contributed by atoms with van der Waals surface area (Å²) in [6.07, 6.45) is 28.4. The van der Waals surface area contributed by atoms with Gasteiger partial charge in [0.2, 0.25) is 0 Å². The fourth-order valence-electron chi connectivity index (χ4n) is 5.87. The van der Waals surface area contributed by atoms with Crippen molar-refractivity contribution in [3.05, 3.63) is 46.5 Å². The molecule has 2 aromatic rings. The predicted octanol–water partition coefficient (Wildman–Crippen LogP) is 12.8. The van der Waals surface area contributed by atoms with Crippen LogP contribution in [-0.4, -0.2) is 10.2 Å². The number of aryl methyl sites for hydroxylation is 4. The van der Waals surface area contributed by atoms with Gasteiger partial charge in [0.05, 0.1) is 0 Å². The molecule has 2 rings (SSSR count). The van der Waals surface area contributed by atoms with Gasteiger partial charge in [-0.05, 0) is 86.1 Å². The maximum atomic E-state index is 10.7. The van der Waals surface area contributed by atoms with E-state index in [0.29, 0.717) is 11.5 Å². The SMILES string of the molecule is CCCCCCCCCCCCc1cc(Sc2cc(C)c(O)c(CCCCCCCCCCCC)c2)cc(C)c1O. The Morgan fingerprint density at radius 1 is 0.439 bits per heavy atom. The van der Waals surface area contributed by atoms with E-state index in [-0.39, 0.29) is 0 Å². The number of phenols is 2. The Kier molecular flexibility index (Phi) is 19.1. The first-order valence-electron chi connectivity index (χ1n) is 17.3. The standard InChI is InChI=1S/C38H62O2S/c1-5-7-9-11-13-15-17-19-21-23-25-33-29-35(27-31(3)37(33)39)41-36-28-32(4)38(40)34(30-36)26-24-22-20-18-16-14-12-10-8-6-2/h27-30,39-40H,5-26H2,1-4H3. The van der Waals surface area contributed by atoms with Crippen LogP contribution in [0.2, 0.25) is 0 Å². The number of rotatable bonds is 24. The minimum Gasteiger partial charge on any atom is -0.507 e. The molecule has 0 atom stereocenters. The number of hydrogen-bond acceptors (Lipinski definition) is 3. The van der Waals surface area contributed by atoms with Crippen LogP contribution in [0, 0.1) is 13.8 Å². The van der Waals surface area contributed by atoms with Crippen molar-refractivity contribution in [3.8, 4) is 11.5 Å². The van der Waals surface area contributed by atoms with Crippen molar-refractivity contribution < 1.29 is 10.2 Å². The minimum absolute atomic E-state index is 0.466. The summed E-state index contributed by atoms with van der Waals surface area (Å²) in [5.41, 5.74) is 4.07. The third kappa shape index (κ3) is 14.9. The molecule has 0 aliphatic rings. The Balaban J connectivity index is 1.80. The van der Waals surface area contributed by atoms with E-state index in [4.69, 9.17) is 0 Å². The second-order valence-electron chi connectivity index (χ2n) is 12.5. The van der Waals surface area contributed by atoms with Gasteiger partial charge < -0.3 is 10.2 Å². The molecule has 0 unspecified atom stereocenters. The van der Waals surface area contributed by atoms with Crippen molar-refractivity contribution in [2.24, 2.45) is 0 Å². The zero-order valence-corrected chi connectivity index (χ0v) is 28.0. The molecule has 0 radical (unpaired) electrons. The molecule has 3 heteroatoms. The van der Waals surface area contributed by atoms with Gasteiger partial charge in [-0.1, -0.05) is 141 Å². The lowest BCUT2D eigenvalue weighted by Gasteiger charge is -2.13. The summed E-state index contributed by atoms with van der Waals surface area (Å²) in [6.45, 7) is 8.58. The molecule has 2 aromatic carbocycles. The summed E-state index contributed by atoms with van der Waals surface area (Å²) in [6, 6.07) is 8.58. The number of benzene rings is 2. The molecule has 232 valence electrons. The van der Waals surface area contributed by atoms with Gasteiger partial charge >= 0.3 is 0 Å². The van der Waals surface area contributed by atoms with Gasteiger partial charge in [-0.15, -0.1) is 0 Å². The van der Waals surface area contributed by atoms with Crippen LogP contribution < -0.4 is 0 Å².